The topological polar surface area (TPSA) is 84.0 Å². The quantitative estimate of drug-likeness (QED) is 0.460. The van der Waals surface area contributed by atoms with Gasteiger partial charge in [-0.25, -0.2) is 0 Å². The molecule has 0 saturated carbocycles. The Hall–Kier alpha value is -1.93. The van der Waals surface area contributed by atoms with E-state index in [9.17, 15) is 14.9 Å². The van der Waals surface area contributed by atoms with Crippen LogP contribution in [0.3, 0.4) is 0 Å². The summed E-state index contributed by atoms with van der Waals surface area (Å²) in [6.45, 7) is 1.29. The Labute approximate surface area is 96.4 Å². The summed E-state index contributed by atoms with van der Waals surface area (Å²) in [6, 6.07) is 5.44. The molecule has 1 atom stereocenters. The fourth-order valence-electron chi connectivity index (χ4n) is 1.19. The van der Waals surface area contributed by atoms with Crippen molar-refractivity contribution in [3.05, 3.63) is 39.4 Å². The molecule has 0 aliphatic heterocycles. The maximum Gasteiger partial charge on any atom is 0.270 e. The molecular formula is C10H7ClN2O3. The number of hydrogen-bond acceptors (Lipinski definition) is 4. The largest absolute Gasteiger partial charge is 0.298 e. The molecule has 0 saturated heterocycles. The molecule has 0 heterocycles. The fourth-order valence-corrected chi connectivity index (χ4v) is 1.38. The number of nitriles is 1. The second kappa shape index (κ2) is 4.73. The van der Waals surface area contributed by atoms with Gasteiger partial charge in [0.05, 0.1) is 16.6 Å². The van der Waals surface area contributed by atoms with Gasteiger partial charge in [-0.3, -0.25) is 14.9 Å². The van der Waals surface area contributed by atoms with Crippen LogP contribution < -0.4 is 0 Å². The van der Waals surface area contributed by atoms with Gasteiger partial charge in [-0.15, -0.1) is 11.6 Å². The molecule has 6 heteroatoms. The Kier molecular flexibility index (Phi) is 3.59. The molecule has 16 heavy (non-hydrogen) atoms. The Balaban J connectivity index is 3.28. The molecule has 1 unspecified atom stereocenters. The van der Waals surface area contributed by atoms with Crippen molar-refractivity contribution in [3.63, 3.8) is 0 Å². The average Bonchev–Trinajstić information content (AvgIpc) is 2.26. The number of non-ortho nitro benzene ring substituents is 1. The molecule has 0 bridgehead atoms. The SMILES string of the molecule is CC(=O)C(Cl)c1ccc([N+](=O)[O-])cc1C#N. The molecule has 5 nitrogen and oxygen atoms in total. The molecule has 1 aromatic carbocycles. The first-order valence-electron chi connectivity index (χ1n) is 4.30. The van der Waals surface area contributed by atoms with Crippen molar-refractivity contribution in [1.82, 2.24) is 0 Å². The van der Waals surface area contributed by atoms with Crippen LogP contribution in [0.2, 0.25) is 0 Å². The predicted molar refractivity (Wildman–Crippen MR) is 57.1 cm³/mol. The lowest BCUT2D eigenvalue weighted by Gasteiger charge is -2.07. The minimum atomic E-state index is -0.949. The van der Waals surface area contributed by atoms with E-state index in [1.54, 1.807) is 6.07 Å². The van der Waals surface area contributed by atoms with Crippen LogP contribution in [-0.4, -0.2) is 10.7 Å². The van der Waals surface area contributed by atoms with Crippen LogP contribution >= 0.6 is 11.6 Å². The molecule has 0 N–H and O–H groups in total. The van der Waals surface area contributed by atoms with Gasteiger partial charge in [0.25, 0.3) is 5.69 Å². The van der Waals surface area contributed by atoms with Crippen LogP contribution in [-0.2, 0) is 4.79 Å². The molecule has 0 aromatic heterocycles. The van der Waals surface area contributed by atoms with Crippen LogP contribution in [0.4, 0.5) is 5.69 Å². The van der Waals surface area contributed by atoms with E-state index >= 15 is 0 Å². The summed E-state index contributed by atoms with van der Waals surface area (Å²) in [5.74, 6) is -0.313. The van der Waals surface area contributed by atoms with E-state index < -0.39 is 10.3 Å². The summed E-state index contributed by atoms with van der Waals surface area (Å²) in [6.07, 6.45) is 0. The smallest absolute Gasteiger partial charge is 0.270 e. The molecule has 1 rings (SSSR count). The number of nitro groups is 1. The number of Topliss-reactive ketones (excluding diaryl/α,β-unsaturated/α-hetero) is 1. The van der Waals surface area contributed by atoms with Crippen molar-refractivity contribution in [2.75, 3.05) is 0 Å². The monoisotopic (exact) mass is 238 g/mol. The standard InChI is InChI=1S/C10H7ClN2O3/c1-6(14)10(11)9-3-2-8(13(15)16)4-7(9)5-12/h2-4,10H,1H3. The van der Waals surface area contributed by atoms with E-state index in [1.807, 2.05) is 0 Å². The number of carbonyl (C=O) groups excluding carboxylic acids is 1. The van der Waals surface area contributed by atoms with Crippen LogP contribution in [0, 0.1) is 21.4 Å². The zero-order chi connectivity index (χ0) is 12.3. The third-order valence-corrected chi connectivity index (χ3v) is 2.54. The van der Waals surface area contributed by atoms with Crippen molar-refractivity contribution in [2.24, 2.45) is 0 Å². The summed E-state index contributed by atoms with van der Waals surface area (Å²) < 4.78 is 0. The highest BCUT2D eigenvalue weighted by Crippen LogP contribution is 2.27. The van der Waals surface area contributed by atoms with Crippen LogP contribution in [0.15, 0.2) is 18.2 Å². The lowest BCUT2D eigenvalue weighted by Crippen LogP contribution is -2.04. The summed E-state index contributed by atoms with van der Waals surface area (Å²) in [4.78, 5) is 20.9. The van der Waals surface area contributed by atoms with Crippen molar-refractivity contribution in [2.45, 2.75) is 12.3 Å². The number of carbonyl (C=O) groups is 1. The average molecular weight is 239 g/mol. The molecule has 82 valence electrons. The first kappa shape index (κ1) is 12.1. The normalized spacial score (nSPS) is 11.6. The lowest BCUT2D eigenvalue weighted by atomic mass is 10.0. The van der Waals surface area contributed by atoms with E-state index in [0.717, 1.165) is 6.07 Å². The number of halogens is 1. The van der Waals surface area contributed by atoms with Gasteiger partial charge in [-0.05, 0) is 18.6 Å². The number of nitrogens with zero attached hydrogens (tertiary/aromatic N) is 2. The van der Waals surface area contributed by atoms with Crippen molar-refractivity contribution < 1.29 is 9.72 Å². The number of benzene rings is 1. The van der Waals surface area contributed by atoms with E-state index in [2.05, 4.69) is 0 Å². The molecule has 1 aromatic rings. The Morgan fingerprint density at radius 3 is 2.69 bits per heavy atom. The molecule has 0 fully saturated rings. The first-order chi connectivity index (χ1) is 7.47. The Morgan fingerprint density at radius 2 is 2.25 bits per heavy atom. The summed E-state index contributed by atoms with van der Waals surface area (Å²) in [7, 11) is 0. The molecule has 0 amide bonds. The van der Waals surface area contributed by atoms with E-state index in [1.165, 1.54) is 19.1 Å². The summed E-state index contributed by atoms with van der Waals surface area (Å²) in [5.41, 5.74) is 0.138. The Morgan fingerprint density at radius 1 is 1.62 bits per heavy atom. The van der Waals surface area contributed by atoms with Gasteiger partial charge in [0, 0.05) is 12.1 Å². The van der Waals surface area contributed by atoms with Gasteiger partial charge >= 0.3 is 0 Å². The summed E-state index contributed by atoms with van der Waals surface area (Å²) in [5, 5.41) is 18.3. The lowest BCUT2D eigenvalue weighted by molar-refractivity contribution is -0.384. The van der Waals surface area contributed by atoms with Crippen molar-refractivity contribution >= 4 is 23.1 Å². The second-order valence-corrected chi connectivity index (χ2v) is 3.55. The molecule has 0 aliphatic rings. The minimum Gasteiger partial charge on any atom is -0.298 e. The van der Waals surface area contributed by atoms with Gasteiger partial charge in [-0.1, -0.05) is 0 Å². The highest BCUT2D eigenvalue weighted by atomic mass is 35.5. The van der Waals surface area contributed by atoms with Crippen LogP contribution in [0.25, 0.3) is 0 Å². The van der Waals surface area contributed by atoms with Crippen molar-refractivity contribution in [1.29, 1.82) is 5.26 Å². The number of ketones is 1. The Bertz CT molecular complexity index is 493. The van der Waals surface area contributed by atoms with Gasteiger partial charge in [0.1, 0.15) is 5.38 Å². The number of nitro benzene ring substituents is 1. The van der Waals surface area contributed by atoms with Crippen LogP contribution in [0.1, 0.15) is 23.4 Å². The molecular weight excluding hydrogens is 232 g/mol. The first-order valence-corrected chi connectivity index (χ1v) is 4.74. The van der Waals surface area contributed by atoms with Crippen LogP contribution in [0.5, 0.6) is 0 Å². The van der Waals surface area contributed by atoms with Gasteiger partial charge in [0.15, 0.2) is 5.78 Å². The third-order valence-electron chi connectivity index (χ3n) is 2.00. The maximum absolute atomic E-state index is 11.1. The highest BCUT2D eigenvalue weighted by molar-refractivity contribution is 6.31. The van der Waals surface area contributed by atoms with Gasteiger partial charge < -0.3 is 0 Å². The summed E-state index contributed by atoms with van der Waals surface area (Å²) >= 11 is 5.79. The van der Waals surface area contributed by atoms with Gasteiger partial charge in [-0.2, -0.15) is 5.26 Å². The highest BCUT2D eigenvalue weighted by Gasteiger charge is 2.19. The molecule has 0 spiro atoms. The van der Waals surface area contributed by atoms with E-state index in [0.29, 0.717) is 5.56 Å². The minimum absolute atomic E-state index is 0.0457. The second-order valence-electron chi connectivity index (χ2n) is 3.11. The van der Waals surface area contributed by atoms with Crippen molar-refractivity contribution in [3.8, 4) is 6.07 Å². The van der Waals surface area contributed by atoms with E-state index in [4.69, 9.17) is 16.9 Å². The zero-order valence-corrected chi connectivity index (χ0v) is 9.06. The predicted octanol–water partition coefficient (Wildman–Crippen LogP) is 2.34. The zero-order valence-electron chi connectivity index (χ0n) is 8.31. The van der Waals surface area contributed by atoms with Gasteiger partial charge in [0.2, 0.25) is 0 Å². The molecule has 0 radical (unpaired) electrons. The number of rotatable bonds is 3. The maximum atomic E-state index is 11.1. The number of hydrogen-bond donors (Lipinski definition) is 0. The third kappa shape index (κ3) is 2.35. The molecule has 0 aliphatic carbocycles. The number of alkyl halides is 1. The van der Waals surface area contributed by atoms with E-state index in [-0.39, 0.29) is 17.0 Å². The fraction of sp³-hybridized carbons (Fsp3) is 0.200.